The lowest BCUT2D eigenvalue weighted by atomic mass is 9.76. The Morgan fingerprint density at radius 2 is 2.12 bits per heavy atom. The monoisotopic (exact) mass is 215 g/mol. The van der Waals surface area contributed by atoms with Crippen LogP contribution in [0.3, 0.4) is 0 Å². The smallest absolute Gasteiger partial charge is 0.112 e. The minimum atomic E-state index is -0.688. The van der Waals surface area contributed by atoms with Crippen molar-refractivity contribution in [3.05, 3.63) is 29.6 Å². The van der Waals surface area contributed by atoms with Crippen LogP contribution in [-0.2, 0) is 5.60 Å². The minimum absolute atomic E-state index is 0.622. The SMILES string of the molecule is C#Cc1ccc([C@]2(O)CC[C@@H](C)CC2)cn1. The van der Waals surface area contributed by atoms with Crippen molar-refractivity contribution < 1.29 is 5.11 Å². The van der Waals surface area contributed by atoms with Gasteiger partial charge in [-0.2, -0.15) is 0 Å². The Morgan fingerprint density at radius 1 is 1.44 bits per heavy atom. The fraction of sp³-hybridized carbons (Fsp3) is 0.500. The summed E-state index contributed by atoms with van der Waals surface area (Å²) in [6, 6.07) is 3.70. The summed E-state index contributed by atoms with van der Waals surface area (Å²) < 4.78 is 0. The second-order valence-corrected chi connectivity index (χ2v) is 4.79. The van der Waals surface area contributed by atoms with Gasteiger partial charge in [-0.25, -0.2) is 4.98 Å². The average Bonchev–Trinajstić information content (AvgIpc) is 2.33. The standard InChI is InChI=1S/C14H17NO/c1-3-13-5-4-12(10-15-13)14(16)8-6-11(2)7-9-14/h1,4-5,10-11,16H,6-9H2,2H3/t11-,14+. The Balaban J connectivity index is 2.20. The van der Waals surface area contributed by atoms with E-state index in [0.717, 1.165) is 37.2 Å². The summed E-state index contributed by atoms with van der Waals surface area (Å²) >= 11 is 0. The van der Waals surface area contributed by atoms with Crippen LogP contribution in [-0.4, -0.2) is 10.1 Å². The van der Waals surface area contributed by atoms with Gasteiger partial charge in [0, 0.05) is 11.8 Å². The molecule has 1 aromatic heterocycles. The molecule has 0 aliphatic heterocycles. The first-order valence-electron chi connectivity index (χ1n) is 5.79. The maximum Gasteiger partial charge on any atom is 0.112 e. The lowest BCUT2D eigenvalue weighted by molar-refractivity contribution is -0.0123. The molecule has 0 amide bonds. The fourth-order valence-electron chi connectivity index (χ4n) is 2.28. The third kappa shape index (κ3) is 2.10. The summed E-state index contributed by atoms with van der Waals surface area (Å²) in [6.45, 7) is 2.24. The average molecular weight is 215 g/mol. The highest BCUT2D eigenvalue weighted by molar-refractivity contribution is 5.29. The molecule has 1 fully saturated rings. The van der Waals surface area contributed by atoms with Gasteiger partial charge >= 0.3 is 0 Å². The topological polar surface area (TPSA) is 33.1 Å². The van der Waals surface area contributed by atoms with Gasteiger partial charge in [-0.3, -0.25) is 0 Å². The van der Waals surface area contributed by atoms with E-state index in [0.29, 0.717) is 5.69 Å². The van der Waals surface area contributed by atoms with Crippen LogP contribution in [0.15, 0.2) is 18.3 Å². The van der Waals surface area contributed by atoms with E-state index < -0.39 is 5.60 Å². The molecule has 1 aliphatic rings. The van der Waals surface area contributed by atoms with E-state index in [1.54, 1.807) is 12.3 Å². The summed E-state index contributed by atoms with van der Waals surface area (Å²) in [5.41, 5.74) is 0.835. The molecule has 0 aromatic carbocycles. The number of hydrogen-bond acceptors (Lipinski definition) is 2. The van der Waals surface area contributed by atoms with Crippen LogP contribution in [0, 0.1) is 18.3 Å². The van der Waals surface area contributed by atoms with E-state index in [4.69, 9.17) is 6.42 Å². The van der Waals surface area contributed by atoms with E-state index in [2.05, 4.69) is 17.8 Å². The van der Waals surface area contributed by atoms with Gasteiger partial charge in [-0.15, -0.1) is 6.42 Å². The lowest BCUT2D eigenvalue weighted by Gasteiger charge is -2.35. The molecule has 0 radical (unpaired) electrons. The van der Waals surface area contributed by atoms with Crippen molar-refractivity contribution in [1.29, 1.82) is 0 Å². The van der Waals surface area contributed by atoms with Gasteiger partial charge in [0.05, 0.1) is 5.60 Å². The highest BCUT2D eigenvalue weighted by Gasteiger charge is 2.33. The summed E-state index contributed by atoms with van der Waals surface area (Å²) in [6.07, 6.45) is 10.8. The highest BCUT2D eigenvalue weighted by Crippen LogP contribution is 2.38. The van der Waals surface area contributed by atoms with Crippen LogP contribution in [0.1, 0.15) is 43.9 Å². The van der Waals surface area contributed by atoms with E-state index >= 15 is 0 Å². The number of terminal acetylenes is 1. The Labute approximate surface area is 96.7 Å². The van der Waals surface area contributed by atoms with E-state index in [1.807, 2.05) is 6.07 Å². The van der Waals surface area contributed by atoms with Gasteiger partial charge < -0.3 is 5.11 Å². The third-order valence-electron chi connectivity index (χ3n) is 3.55. The van der Waals surface area contributed by atoms with E-state index in [9.17, 15) is 5.11 Å². The molecule has 1 heterocycles. The molecule has 0 spiro atoms. The summed E-state index contributed by atoms with van der Waals surface area (Å²) in [5, 5.41) is 10.5. The maximum atomic E-state index is 10.5. The molecule has 2 nitrogen and oxygen atoms in total. The van der Waals surface area contributed by atoms with E-state index in [1.165, 1.54) is 0 Å². The van der Waals surface area contributed by atoms with Crippen molar-refractivity contribution in [1.82, 2.24) is 4.98 Å². The van der Waals surface area contributed by atoms with Crippen molar-refractivity contribution in [2.24, 2.45) is 5.92 Å². The maximum absolute atomic E-state index is 10.5. The number of aliphatic hydroxyl groups is 1. The largest absolute Gasteiger partial charge is 0.385 e. The Kier molecular flexibility index (Phi) is 2.98. The Bertz CT molecular complexity index is 394. The van der Waals surface area contributed by atoms with Gasteiger partial charge in [-0.05, 0) is 37.7 Å². The molecule has 1 saturated carbocycles. The summed E-state index contributed by atoms with van der Waals surface area (Å²) in [7, 11) is 0. The quantitative estimate of drug-likeness (QED) is 0.730. The summed E-state index contributed by atoms with van der Waals surface area (Å²) in [5.74, 6) is 3.20. The van der Waals surface area contributed by atoms with Crippen molar-refractivity contribution in [2.75, 3.05) is 0 Å². The second-order valence-electron chi connectivity index (χ2n) is 4.79. The molecule has 1 aliphatic carbocycles. The predicted octanol–water partition coefficient (Wildman–Crippen LogP) is 2.46. The molecule has 2 heteroatoms. The molecular weight excluding hydrogens is 198 g/mol. The second kappa shape index (κ2) is 4.27. The number of nitrogens with zero attached hydrogens (tertiary/aromatic N) is 1. The molecule has 1 aromatic rings. The molecule has 16 heavy (non-hydrogen) atoms. The normalized spacial score (nSPS) is 29.7. The van der Waals surface area contributed by atoms with Gasteiger partial charge in [-0.1, -0.05) is 18.9 Å². The first-order valence-corrected chi connectivity index (χ1v) is 5.79. The van der Waals surface area contributed by atoms with Gasteiger partial charge in [0.15, 0.2) is 0 Å². The van der Waals surface area contributed by atoms with Crippen molar-refractivity contribution >= 4 is 0 Å². The first-order chi connectivity index (χ1) is 7.64. The third-order valence-corrected chi connectivity index (χ3v) is 3.55. The molecule has 0 atom stereocenters. The number of rotatable bonds is 1. The molecule has 2 rings (SSSR count). The van der Waals surface area contributed by atoms with Gasteiger partial charge in [0.2, 0.25) is 0 Å². The van der Waals surface area contributed by atoms with Crippen LogP contribution in [0.2, 0.25) is 0 Å². The van der Waals surface area contributed by atoms with Crippen LogP contribution in [0.25, 0.3) is 0 Å². The zero-order valence-electron chi connectivity index (χ0n) is 9.61. The van der Waals surface area contributed by atoms with Gasteiger partial charge in [0.1, 0.15) is 5.69 Å². The number of aromatic nitrogens is 1. The minimum Gasteiger partial charge on any atom is -0.385 e. The zero-order valence-corrected chi connectivity index (χ0v) is 9.61. The number of hydrogen-bond donors (Lipinski definition) is 1. The van der Waals surface area contributed by atoms with Crippen molar-refractivity contribution in [3.8, 4) is 12.3 Å². The molecule has 84 valence electrons. The summed E-state index contributed by atoms with van der Waals surface area (Å²) in [4.78, 5) is 4.14. The fourth-order valence-corrected chi connectivity index (χ4v) is 2.28. The van der Waals surface area contributed by atoms with Crippen LogP contribution in [0.4, 0.5) is 0 Å². The predicted molar refractivity (Wildman–Crippen MR) is 63.7 cm³/mol. The van der Waals surface area contributed by atoms with Crippen LogP contribution >= 0.6 is 0 Å². The zero-order chi connectivity index (χ0) is 11.6. The highest BCUT2D eigenvalue weighted by atomic mass is 16.3. The lowest BCUT2D eigenvalue weighted by Crippen LogP contribution is -2.30. The molecule has 0 saturated heterocycles. The molecule has 0 unspecified atom stereocenters. The number of pyridine rings is 1. The Morgan fingerprint density at radius 3 is 2.62 bits per heavy atom. The Hall–Kier alpha value is -1.33. The molecular formula is C14H17NO. The van der Waals surface area contributed by atoms with Gasteiger partial charge in [0.25, 0.3) is 0 Å². The first kappa shape index (κ1) is 11.2. The van der Waals surface area contributed by atoms with Crippen molar-refractivity contribution in [3.63, 3.8) is 0 Å². The molecule has 1 N–H and O–H groups in total. The molecule has 0 bridgehead atoms. The van der Waals surface area contributed by atoms with Crippen LogP contribution in [0.5, 0.6) is 0 Å². The van der Waals surface area contributed by atoms with E-state index in [-0.39, 0.29) is 0 Å². The van der Waals surface area contributed by atoms with Crippen molar-refractivity contribution in [2.45, 2.75) is 38.2 Å². The van der Waals surface area contributed by atoms with Crippen LogP contribution < -0.4 is 0 Å².